The van der Waals surface area contributed by atoms with E-state index in [1.165, 1.54) is 0 Å². The van der Waals surface area contributed by atoms with Crippen LogP contribution in [0.1, 0.15) is 31.2 Å². The van der Waals surface area contributed by atoms with Gasteiger partial charge in [-0.15, -0.1) is 0 Å². The first kappa shape index (κ1) is 12.4. The summed E-state index contributed by atoms with van der Waals surface area (Å²) < 4.78 is 19.7. The van der Waals surface area contributed by atoms with Gasteiger partial charge in [-0.1, -0.05) is 12.1 Å². The van der Waals surface area contributed by atoms with E-state index in [1.807, 2.05) is 24.3 Å². The maximum absolute atomic E-state index is 14.6. The van der Waals surface area contributed by atoms with Crippen LogP contribution in [-0.4, -0.2) is 18.8 Å². The zero-order valence-corrected chi connectivity index (χ0v) is 10.3. The van der Waals surface area contributed by atoms with E-state index in [4.69, 9.17) is 10.5 Å². The molecule has 0 saturated heterocycles. The van der Waals surface area contributed by atoms with Crippen LogP contribution in [0, 0.1) is 0 Å². The predicted octanol–water partition coefficient (Wildman–Crippen LogP) is 2.85. The van der Waals surface area contributed by atoms with Gasteiger partial charge in [0.1, 0.15) is 11.4 Å². The molecule has 2 rings (SSSR count). The SMILES string of the molecule is COc1cccc(CC2(F)CCC(N)CC2)c1. The molecule has 1 aromatic rings. The fourth-order valence-corrected chi connectivity index (χ4v) is 2.48. The van der Waals surface area contributed by atoms with E-state index in [0.717, 1.165) is 24.2 Å². The summed E-state index contributed by atoms with van der Waals surface area (Å²) in [5, 5.41) is 0. The summed E-state index contributed by atoms with van der Waals surface area (Å²) in [6.07, 6.45) is 3.20. The lowest BCUT2D eigenvalue weighted by atomic mass is 9.80. The summed E-state index contributed by atoms with van der Waals surface area (Å²) in [5.74, 6) is 0.790. The summed E-state index contributed by atoms with van der Waals surface area (Å²) in [7, 11) is 1.63. The van der Waals surface area contributed by atoms with E-state index in [0.29, 0.717) is 19.3 Å². The molecule has 1 saturated carbocycles. The summed E-state index contributed by atoms with van der Waals surface area (Å²) in [6, 6.07) is 7.84. The topological polar surface area (TPSA) is 35.2 Å². The first-order chi connectivity index (χ1) is 8.11. The second kappa shape index (κ2) is 5.05. The maximum atomic E-state index is 14.6. The quantitative estimate of drug-likeness (QED) is 0.877. The molecular formula is C14H20FNO. The lowest BCUT2D eigenvalue weighted by molar-refractivity contribution is 0.0994. The molecule has 3 heteroatoms. The normalized spacial score (nSPS) is 29.0. The highest BCUT2D eigenvalue weighted by Gasteiger charge is 2.34. The van der Waals surface area contributed by atoms with E-state index in [2.05, 4.69) is 0 Å². The highest BCUT2D eigenvalue weighted by atomic mass is 19.1. The van der Waals surface area contributed by atoms with Crippen molar-refractivity contribution in [3.63, 3.8) is 0 Å². The van der Waals surface area contributed by atoms with Crippen LogP contribution < -0.4 is 10.5 Å². The largest absolute Gasteiger partial charge is 0.497 e. The summed E-state index contributed by atoms with van der Waals surface area (Å²) in [6.45, 7) is 0. The first-order valence-corrected chi connectivity index (χ1v) is 6.19. The number of alkyl halides is 1. The molecule has 0 radical (unpaired) electrons. The number of halogens is 1. The van der Waals surface area contributed by atoms with Gasteiger partial charge in [0.2, 0.25) is 0 Å². The molecule has 0 atom stereocenters. The van der Waals surface area contributed by atoms with E-state index >= 15 is 0 Å². The Morgan fingerprint density at radius 1 is 1.41 bits per heavy atom. The van der Waals surface area contributed by atoms with Gasteiger partial charge in [-0.25, -0.2) is 4.39 Å². The van der Waals surface area contributed by atoms with Crippen LogP contribution in [-0.2, 0) is 6.42 Å². The minimum atomic E-state index is -1.08. The summed E-state index contributed by atoms with van der Waals surface area (Å²) in [5.41, 5.74) is 5.73. The molecule has 0 heterocycles. The third-order valence-electron chi connectivity index (χ3n) is 3.58. The Bertz CT molecular complexity index is 372. The average Bonchev–Trinajstić information content (AvgIpc) is 2.33. The number of nitrogens with two attached hydrogens (primary N) is 1. The van der Waals surface area contributed by atoms with Crippen LogP contribution in [0.3, 0.4) is 0 Å². The Labute approximate surface area is 102 Å². The number of hydrogen-bond donors (Lipinski definition) is 1. The third kappa shape index (κ3) is 3.19. The molecule has 17 heavy (non-hydrogen) atoms. The van der Waals surface area contributed by atoms with Gasteiger partial charge in [0, 0.05) is 12.5 Å². The molecule has 1 fully saturated rings. The standard InChI is InChI=1S/C14H20FNO/c1-17-13-4-2-3-11(9-13)10-14(15)7-5-12(16)6-8-14/h2-4,9,12H,5-8,10,16H2,1H3. The summed E-state index contributed by atoms with van der Waals surface area (Å²) in [4.78, 5) is 0. The smallest absolute Gasteiger partial charge is 0.119 e. The highest BCUT2D eigenvalue weighted by Crippen LogP contribution is 2.34. The minimum Gasteiger partial charge on any atom is -0.497 e. The molecule has 0 amide bonds. The molecule has 1 aliphatic carbocycles. The summed E-state index contributed by atoms with van der Waals surface area (Å²) >= 11 is 0. The van der Waals surface area contributed by atoms with Crippen LogP contribution in [0.15, 0.2) is 24.3 Å². The van der Waals surface area contributed by atoms with Gasteiger partial charge >= 0.3 is 0 Å². The molecule has 0 aromatic heterocycles. The fourth-order valence-electron chi connectivity index (χ4n) is 2.48. The van der Waals surface area contributed by atoms with Gasteiger partial charge in [0.15, 0.2) is 0 Å². The first-order valence-electron chi connectivity index (χ1n) is 6.19. The van der Waals surface area contributed by atoms with Gasteiger partial charge in [-0.2, -0.15) is 0 Å². The van der Waals surface area contributed by atoms with Gasteiger partial charge in [0.25, 0.3) is 0 Å². The van der Waals surface area contributed by atoms with E-state index in [-0.39, 0.29) is 6.04 Å². The minimum absolute atomic E-state index is 0.184. The number of methoxy groups -OCH3 is 1. The zero-order chi connectivity index (χ0) is 12.3. The highest BCUT2D eigenvalue weighted by molar-refractivity contribution is 5.29. The van der Waals surface area contributed by atoms with E-state index < -0.39 is 5.67 Å². The molecule has 2 nitrogen and oxygen atoms in total. The van der Waals surface area contributed by atoms with E-state index in [1.54, 1.807) is 7.11 Å². The molecule has 2 N–H and O–H groups in total. The molecule has 1 aliphatic rings. The fraction of sp³-hybridized carbons (Fsp3) is 0.571. The van der Waals surface area contributed by atoms with E-state index in [9.17, 15) is 4.39 Å². The Hall–Kier alpha value is -1.09. The molecule has 1 aromatic carbocycles. The molecular weight excluding hydrogens is 217 g/mol. The Balaban J connectivity index is 2.04. The van der Waals surface area contributed by atoms with Gasteiger partial charge in [0.05, 0.1) is 7.11 Å². The predicted molar refractivity (Wildman–Crippen MR) is 67.0 cm³/mol. The Morgan fingerprint density at radius 2 is 2.12 bits per heavy atom. The van der Waals surface area contributed by atoms with Crippen molar-refractivity contribution in [1.82, 2.24) is 0 Å². The second-order valence-corrected chi connectivity index (χ2v) is 5.02. The molecule has 0 unspecified atom stereocenters. The van der Waals surface area contributed by atoms with Crippen molar-refractivity contribution in [2.45, 2.75) is 43.8 Å². The van der Waals surface area contributed by atoms with Crippen molar-refractivity contribution in [1.29, 1.82) is 0 Å². The monoisotopic (exact) mass is 237 g/mol. The molecule has 0 bridgehead atoms. The van der Waals surface area contributed by atoms with Crippen molar-refractivity contribution in [3.8, 4) is 5.75 Å². The van der Waals surface area contributed by atoms with Gasteiger partial charge < -0.3 is 10.5 Å². The van der Waals surface area contributed by atoms with Crippen LogP contribution >= 0.6 is 0 Å². The molecule has 0 aliphatic heterocycles. The number of ether oxygens (including phenoxy) is 1. The second-order valence-electron chi connectivity index (χ2n) is 5.02. The zero-order valence-electron chi connectivity index (χ0n) is 10.3. The Morgan fingerprint density at radius 3 is 2.76 bits per heavy atom. The molecule has 94 valence electrons. The van der Waals surface area contributed by atoms with Crippen molar-refractivity contribution in [2.75, 3.05) is 7.11 Å². The van der Waals surface area contributed by atoms with Gasteiger partial charge in [-0.05, 0) is 43.4 Å². The van der Waals surface area contributed by atoms with Gasteiger partial charge in [-0.3, -0.25) is 0 Å². The van der Waals surface area contributed by atoms with Crippen molar-refractivity contribution in [3.05, 3.63) is 29.8 Å². The van der Waals surface area contributed by atoms with Crippen LogP contribution in [0.4, 0.5) is 4.39 Å². The average molecular weight is 237 g/mol. The lowest BCUT2D eigenvalue weighted by Gasteiger charge is -2.32. The van der Waals surface area contributed by atoms with Crippen LogP contribution in [0.25, 0.3) is 0 Å². The van der Waals surface area contributed by atoms with Crippen molar-refractivity contribution >= 4 is 0 Å². The third-order valence-corrected chi connectivity index (χ3v) is 3.58. The van der Waals surface area contributed by atoms with Crippen molar-refractivity contribution in [2.24, 2.45) is 5.73 Å². The van der Waals surface area contributed by atoms with Crippen molar-refractivity contribution < 1.29 is 9.13 Å². The van der Waals surface area contributed by atoms with Crippen LogP contribution in [0.5, 0.6) is 5.75 Å². The number of benzene rings is 1. The number of rotatable bonds is 3. The lowest BCUT2D eigenvalue weighted by Crippen LogP contribution is -2.37. The van der Waals surface area contributed by atoms with Crippen LogP contribution in [0.2, 0.25) is 0 Å². The maximum Gasteiger partial charge on any atom is 0.119 e. The number of hydrogen-bond acceptors (Lipinski definition) is 2. The Kier molecular flexibility index (Phi) is 3.67. The molecule has 0 spiro atoms.